The Morgan fingerprint density at radius 1 is 1.03 bits per heavy atom. The molecule has 6 nitrogen and oxygen atoms in total. The number of hydrogen-bond donors (Lipinski definition) is 1. The Morgan fingerprint density at radius 3 is 2.41 bits per heavy atom. The van der Waals surface area contributed by atoms with Gasteiger partial charge >= 0.3 is 5.97 Å². The third-order valence-corrected chi connectivity index (χ3v) is 5.75. The highest BCUT2D eigenvalue weighted by Crippen LogP contribution is 2.36. The van der Waals surface area contributed by atoms with Crippen molar-refractivity contribution >= 4 is 52.2 Å². The van der Waals surface area contributed by atoms with Crippen molar-refractivity contribution in [2.75, 3.05) is 4.90 Å². The molecule has 0 radical (unpaired) electrons. The first kappa shape index (κ1) is 21.7. The zero-order chi connectivity index (χ0) is 22.7. The van der Waals surface area contributed by atoms with Crippen molar-refractivity contribution in [3.05, 3.63) is 99.4 Å². The standard InChI is InChI=1S/C24H16ClNO5S/c25-18-2-1-3-19(13-18)26-22(27)21(32-24(26)30)12-15-6-10-20(11-7-15)31-14-16-4-8-17(9-5-16)23(28)29/h1-13H,14H2,(H,28,29)/b21-12+. The van der Waals surface area contributed by atoms with Gasteiger partial charge < -0.3 is 9.84 Å². The fourth-order valence-electron chi connectivity index (χ4n) is 3.03. The molecule has 1 aliphatic rings. The Labute approximate surface area is 193 Å². The van der Waals surface area contributed by atoms with E-state index in [-0.39, 0.29) is 17.4 Å². The van der Waals surface area contributed by atoms with Crippen LogP contribution in [0.1, 0.15) is 21.5 Å². The average molecular weight is 466 g/mol. The van der Waals surface area contributed by atoms with E-state index in [2.05, 4.69) is 0 Å². The fraction of sp³-hybridized carbons (Fsp3) is 0.0417. The largest absolute Gasteiger partial charge is 0.489 e. The van der Waals surface area contributed by atoms with Crippen LogP contribution in [0.4, 0.5) is 10.5 Å². The van der Waals surface area contributed by atoms with Crippen LogP contribution in [0.25, 0.3) is 6.08 Å². The molecule has 1 aliphatic heterocycles. The Morgan fingerprint density at radius 2 is 1.75 bits per heavy atom. The summed E-state index contributed by atoms with van der Waals surface area (Å²) in [7, 11) is 0. The van der Waals surface area contributed by atoms with Crippen molar-refractivity contribution < 1.29 is 24.2 Å². The van der Waals surface area contributed by atoms with Crippen LogP contribution < -0.4 is 9.64 Å². The first-order valence-corrected chi connectivity index (χ1v) is 10.7. The molecule has 1 saturated heterocycles. The van der Waals surface area contributed by atoms with Crippen molar-refractivity contribution in [3.8, 4) is 5.75 Å². The summed E-state index contributed by atoms with van der Waals surface area (Å²) >= 11 is 6.85. The number of rotatable bonds is 6. The lowest BCUT2D eigenvalue weighted by Gasteiger charge is -2.12. The highest BCUT2D eigenvalue weighted by atomic mass is 35.5. The summed E-state index contributed by atoms with van der Waals surface area (Å²) in [4.78, 5) is 37.4. The number of benzene rings is 3. The lowest BCUT2D eigenvalue weighted by molar-refractivity contribution is -0.113. The van der Waals surface area contributed by atoms with Crippen LogP contribution in [0, 0.1) is 0 Å². The molecule has 2 amide bonds. The van der Waals surface area contributed by atoms with Gasteiger partial charge in [0.05, 0.1) is 16.2 Å². The normalized spacial score (nSPS) is 14.8. The van der Waals surface area contributed by atoms with Gasteiger partial charge in [-0.05, 0) is 71.4 Å². The smallest absolute Gasteiger partial charge is 0.335 e. The Bertz CT molecular complexity index is 1220. The van der Waals surface area contributed by atoms with E-state index in [0.29, 0.717) is 21.4 Å². The van der Waals surface area contributed by atoms with E-state index in [1.54, 1.807) is 66.7 Å². The minimum Gasteiger partial charge on any atom is -0.489 e. The van der Waals surface area contributed by atoms with Gasteiger partial charge in [-0.3, -0.25) is 9.59 Å². The molecule has 0 bridgehead atoms. The maximum Gasteiger partial charge on any atom is 0.335 e. The number of hydrogen-bond acceptors (Lipinski definition) is 5. The first-order valence-electron chi connectivity index (χ1n) is 9.49. The average Bonchev–Trinajstić information content (AvgIpc) is 3.06. The van der Waals surface area contributed by atoms with E-state index in [9.17, 15) is 14.4 Å². The molecule has 0 saturated carbocycles. The molecule has 1 N–H and O–H groups in total. The summed E-state index contributed by atoms with van der Waals surface area (Å²) in [5, 5.41) is 9.01. The van der Waals surface area contributed by atoms with Crippen molar-refractivity contribution in [3.63, 3.8) is 0 Å². The van der Waals surface area contributed by atoms with Crippen LogP contribution >= 0.6 is 23.4 Å². The number of halogens is 1. The van der Waals surface area contributed by atoms with Gasteiger partial charge in [0.25, 0.3) is 11.1 Å². The highest BCUT2D eigenvalue weighted by Gasteiger charge is 2.36. The number of amides is 2. The molecule has 8 heteroatoms. The Balaban J connectivity index is 1.42. The SMILES string of the molecule is O=C(O)c1ccc(COc2ccc(/C=C3/SC(=O)N(c4cccc(Cl)c4)C3=O)cc2)cc1. The molecule has 3 aromatic carbocycles. The van der Waals surface area contributed by atoms with Gasteiger partial charge in [0.2, 0.25) is 0 Å². The van der Waals surface area contributed by atoms with Crippen molar-refractivity contribution in [1.29, 1.82) is 0 Å². The Hall–Kier alpha value is -3.55. The zero-order valence-corrected chi connectivity index (χ0v) is 18.1. The fourth-order valence-corrected chi connectivity index (χ4v) is 4.05. The second-order valence-electron chi connectivity index (χ2n) is 6.86. The number of carbonyl (C=O) groups excluding carboxylic acids is 2. The van der Waals surface area contributed by atoms with Gasteiger partial charge in [0.1, 0.15) is 12.4 Å². The number of nitrogens with zero attached hydrogens (tertiary/aromatic N) is 1. The van der Waals surface area contributed by atoms with Crippen molar-refractivity contribution in [2.24, 2.45) is 0 Å². The van der Waals surface area contributed by atoms with Crippen molar-refractivity contribution in [2.45, 2.75) is 6.61 Å². The lowest BCUT2D eigenvalue weighted by atomic mass is 10.1. The molecule has 0 spiro atoms. The van der Waals surface area contributed by atoms with Gasteiger partial charge in [-0.15, -0.1) is 0 Å². The molecule has 4 rings (SSSR count). The lowest BCUT2D eigenvalue weighted by Crippen LogP contribution is -2.27. The maximum atomic E-state index is 12.7. The van der Waals surface area contributed by atoms with Crippen LogP contribution in [-0.2, 0) is 11.4 Å². The number of carboxylic acids is 1. The Kier molecular flexibility index (Phi) is 6.30. The summed E-state index contributed by atoms with van der Waals surface area (Å²) in [5.41, 5.74) is 2.25. The molecule has 0 aromatic heterocycles. The first-order chi connectivity index (χ1) is 15.4. The number of anilines is 1. The van der Waals surface area contributed by atoms with E-state index < -0.39 is 11.9 Å². The molecule has 160 valence electrons. The minimum absolute atomic E-state index is 0.220. The number of carboxylic acid groups (broad SMARTS) is 1. The van der Waals surface area contributed by atoms with Crippen LogP contribution in [0.2, 0.25) is 5.02 Å². The van der Waals surface area contributed by atoms with Gasteiger partial charge in [-0.2, -0.15) is 0 Å². The van der Waals surface area contributed by atoms with Gasteiger partial charge in [-0.1, -0.05) is 41.9 Å². The third-order valence-electron chi connectivity index (χ3n) is 4.64. The summed E-state index contributed by atoms with van der Waals surface area (Å²) in [6.07, 6.45) is 1.66. The van der Waals surface area contributed by atoms with Gasteiger partial charge in [0, 0.05) is 5.02 Å². The maximum absolute atomic E-state index is 12.7. The summed E-state index contributed by atoms with van der Waals surface area (Å²) in [6, 6.07) is 20.2. The van der Waals surface area contributed by atoms with Crippen LogP contribution in [-0.4, -0.2) is 22.2 Å². The molecule has 3 aromatic rings. The second-order valence-corrected chi connectivity index (χ2v) is 8.29. The number of carbonyl (C=O) groups is 3. The predicted molar refractivity (Wildman–Crippen MR) is 124 cm³/mol. The van der Waals surface area contributed by atoms with Crippen LogP contribution in [0.15, 0.2) is 77.7 Å². The molecule has 1 fully saturated rings. The van der Waals surface area contributed by atoms with E-state index >= 15 is 0 Å². The molecule has 0 unspecified atom stereocenters. The van der Waals surface area contributed by atoms with E-state index in [1.807, 2.05) is 0 Å². The topological polar surface area (TPSA) is 83.9 Å². The van der Waals surface area contributed by atoms with Crippen LogP contribution in [0.5, 0.6) is 5.75 Å². The van der Waals surface area contributed by atoms with Crippen LogP contribution in [0.3, 0.4) is 0 Å². The summed E-state index contributed by atoms with van der Waals surface area (Å²) in [6.45, 7) is 0.289. The minimum atomic E-state index is -0.974. The number of ether oxygens (including phenoxy) is 1. The number of thioether (sulfide) groups is 1. The molecule has 0 aliphatic carbocycles. The monoisotopic (exact) mass is 465 g/mol. The predicted octanol–water partition coefficient (Wildman–Crippen LogP) is 5.86. The third kappa shape index (κ3) is 4.85. The van der Waals surface area contributed by atoms with Gasteiger partial charge in [-0.25, -0.2) is 9.69 Å². The van der Waals surface area contributed by atoms with Gasteiger partial charge in [0.15, 0.2) is 0 Å². The molecular weight excluding hydrogens is 450 g/mol. The van der Waals surface area contributed by atoms with Crippen molar-refractivity contribution in [1.82, 2.24) is 0 Å². The molecule has 1 heterocycles. The number of imide groups is 1. The number of aromatic carboxylic acids is 1. The highest BCUT2D eigenvalue weighted by molar-refractivity contribution is 8.19. The molecule has 32 heavy (non-hydrogen) atoms. The zero-order valence-electron chi connectivity index (χ0n) is 16.5. The second kappa shape index (κ2) is 9.30. The van der Waals surface area contributed by atoms with E-state index in [1.165, 1.54) is 12.1 Å². The van der Waals surface area contributed by atoms with E-state index in [0.717, 1.165) is 27.8 Å². The molecular formula is C24H16ClNO5S. The van der Waals surface area contributed by atoms with E-state index in [4.69, 9.17) is 21.4 Å². The quantitative estimate of drug-likeness (QED) is 0.459. The molecule has 0 atom stereocenters. The summed E-state index contributed by atoms with van der Waals surface area (Å²) in [5.74, 6) is -0.748. The summed E-state index contributed by atoms with van der Waals surface area (Å²) < 4.78 is 5.73.